The van der Waals surface area contributed by atoms with Gasteiger partial charge in [0.05, 0.1) is 23.0 Å². The smallest absolute Gasteiger partial charge is 0.400 e. The Hall–Kier alpha value is -3.89. The molecule has 3 aliphatic rings. The molecule has 0 spiro atoms. The number of halogens is 4. The lowest BCUT2D eigenvalue weighted by Crippen LogP contribution is -2.46. The number of hydrogen-bond donors (Lipinski definition) is 2. The number of hydrogen-bond acceptors (Lipinski definition) is 4. The van der Waals surface area contributed by atoms with E-state index in [1.54, 1.807) is 35.2 Å². The Balaban J connectivity index is 1.30. The summed E-state index contributed by atoms with van der Waals surface area (Å²) in [6, 6.07) is 13.1. The summed E-state index contributed by atoms with van der Waals surface area (Å²) in [6.45, 7) is 2.20. The summed E-state index contributed by atoms with van der Waals surface area (Å²) >= 11 is 0. The molecule has 224 valence electrons. The van der Waals surface area contributed by atoms with Gasteiger partial charge in [0.15, 0.2) is 0 Å². The maximum Gasteiger partial charge on any atom is 0.400 e. The van der Waals surface area contributed by atoms with Gasteiger partial charge in [0.2, 0.25) is 0 Å². The molecule has 2 saturated heterocycles. The number of anilines is 1. The summed E-state index contributed by atoms with van der Waals surface area (Å²) in [7, 11) is 0. The van der Waals surface area contributed by atoms with Crippen molar-refractivity contribution < 1.29 is 27.2 Å². The lowest BCUT2D eigenvalue weighted by atomic mass is 9.79. The van der Waals surface area contributed by atoms with Crippen LogP contribution in [0.5, 0.6) is 0 Å². The van der Waals surface area contributed by atoms with E-state index >= 15 is 0 Å². The fourth-order valence-electron chi connectivity index (χ4n) is 5.91. The van der Waals surface area contributed by atoms with Crippen LogP contribution in [0.4, 0.5) is 28.0 Å². The molecule has 2 heterocycles. The zero-order valence-electron chi connectivity index (χ0n) is 23.5. The number of amides is 3. The van der Waals surface area contributed by atoms with Crippen LogP contribution in [0.2, 0.25) is 0 Å². The number of carbonyl (C=O) groups excluding carboxylic acids is 2. The van der Waals surface area contributed by atoms with Gasteiger partial charge < -0.3 is 20.9 Å². The normalized spacial score (nSPS) is 23.2. The first-order chi connectivity index (χ1) is 20.0. The summed E-state index contributed by atoms with van der Waals surface area (Å²) in [5.41, 5.74) is 4.34. The van der Waals surface area contributed by atoms with E-state index < -0.39 is 35.9 Å². The molecule has 1 atom stereocenters. The lowest BCUT2D eigenvalue weighted by molar-refractivity contribution is -0.187. The molecule has 0 aromatic heterocycles. The summed E-state index contributed by atoms with van der Waals surface area (Å²) in [5, 5.41) is 2.59. The van der Waals surface area contributed by atoms with Gasteiger partial charge in [-0.2, -0.15) is 13.2 Å². The molecule has 2 aromatic rings. The molecule has 5 rings (SSSR count). The quantitative estimate of drug-likeness (QED) is 0.261. The summed E-state index contributed by atoms with van der Waals surface area (Å²) in [4.78, 5) is 34.2. The number of benzene rings is 2. The van der Waals surface area contributed by atoms with Gasteiger partial charge in [0.1, 0.15) is 11.2 Å². The van der Waals surface area contributed by atoms with Crippen LogP contribution >= 0.6 is 0 Å². The molecule has 0 bridgehead atoms. The van der Waals surface area contributed by atoms with Crippen molar-refractivity contribution in [3.05, 3.63) is 77.8 Å². The predicted octanol–water partition coefficient (Wildman–Crippen LogP) is 5.64. The number of para-hydroxylation sites is 1. The second-order valence-corrected chi connectivity index (χ2v) is 11.7. The van der Waals surface area contributed by atoms with Crippen molar-refractivity contribution in [2.75, 3.05) is 31.5 Å². The first-order valence-corrected chi connectivity index (χ1v) is 14.2. The van der Waals surface area contributed by atoms with Crippen LogP contribution in [0.25, 0.3) is 0 Å². The number of likely N-dealkylation sites (tertiary alicyclic amines) is 2. The van der Waals surface area contributed by atoms with E-state index in [1.165, 1.54) is 35.4 Å². The molecule has 7 nitrogen and oxygen atoms in total. The third-order valence-corrected chi connectivity index (χ3v) is 8.83. The van der Waals surface area contributed by atoms with Crippen molar-refractivity contribution in [3.63, 3.8) is 0 Å². The van der Waals surface area contributed by atoms with E-state index in [0.29, 0.717) is 31.6 Å². The molecule has 3 fully saturated rings. The molecular formula is C31H35F4N5O2. The molecule has 1 unspecified atom stereocenters. The minimum Gasteiger partial charge on any atom is -0.404 e. The molecule has 2 aromatic carbocycles. The van der Waals surface area contributed by atoms with Crippen molar-refractivity contribution in [1.29, 1.82) is 0 Å². The summed E-state index contributed by atoms with van der Waals surface area (Å²) in [5.74, 6) is -1.07. The number of rotatable bonds is 6. The molecular weight excluding hydrogens is 550 g/mol. The lowest BCUT2D eigenvalue weighted by Gasteiger charge is -2.33. The molecule has 3 amide bonds. The number of nitrogens with two attached hydrogens (primary N) is 1. The average Bonchev–Trinajstić information content (AvgIpc) is 3.55. The maximum absolute atomic E-state index is 14.5. The SMILES string of the molecule is CC1(C(=NC2CCN(C(=O)Nc3ccccc3F)CC2)C(=CN)C(=O)N2CCC(c3ccccc3)(C(F)(F)F)C2)CC1. The van der Waals surface area contributed by atoms with Crippen molar-refractivity contribution in [2.24, 2.45) is 16.1 Å². The third-order valence-electron chi connectivity index (χ3n) is 8.83. The second-order valence-electron chi connectivity index (χ2n) is 11.7. The van der Waals surface area contributed by atoms with Gasteiger partial charge in [-0.1, -0.05) is 49.4 Å². The molecule has 1 aliphatic carbocycles. The zero-order chi connectivity index (χ0) is 30.1. The van der Waals surface area contributed by atoms with Gasteiger partial charge in [-0.05, 0) is 49.8 Å². The van der Waals surface area contributed by atoms with Crippen LogP contribution in [0.15, 0.2) is 71.4 Å². The number of piperidine rings is 1. The molecule has 2 aliphatic heterocycles. The summed E-state index contributed by atoms with van der Waals surface area (Å²) < 4.78 is 57.4. The van der Waals surface area contributed by atoms with Crippen LogP contribution in [0, 0.1) is 11.2 Å². The minimum absolute atomic E-state index is 0.0515. The van der Waals surface area contributed by atoms with Crippen LogP contribution in [0.3, 0.4) is 0 Å². The van der Waals surface area contributed by atoms with E-state index in [-0.39, 0.29) is 41.2 Å². The highest BCUT2D eigenvalue weighted by Crippen LogP contribution is 2.50. The first-order valence-electron chi connectivity index (χ1n) is 14.2. The van der Waals surface area contributed by atoms with Crippen molar-refractivity contribution in [3.8, 4) is 0 Å². The number of alkyl halides is 3. The third kappa shape index (κ3) is 5.73. The summed E-state index contributed by atoms with van der Waals surface area (Å²) in [6.07, 6.45) is -0.981. The topological polar surface area (TPSA) is 91.0 Å². The number of nitrogens with one attached hydrogen (secondary N) is 1. The first kappa shape index (κ1) is 29.6. The van der Waals surface area contributed by atoms with Crippen molar-refractivity contribution in [1.82, 2.24) is 9.80 Å². The highest BCUT2D eigenvalue weighted by Gasteiger charge is 2.60. The molecule has 0 radical (unpaired) electrons. The number of urea groups is 1. The van der Waals surface area contributed by atoms with E-state index in [4.69, 9.17) is 10.7 Å². The fourth-order valence-corrected chi connectivity index (χ4v) is 5.91. The standard InChI is InChI=1S/C31H35F4N5O2/c1-29(13-14-29)26(37-22-11-16-39(17-12-22)28(42)38-25-10-6-5-9-24(25)32)23(19-36)27(41)40-18-15-30(20-40,31(33,34)35)21-7-3-2-4-8-21/h2-10,19,22H,11-18,20,36H2,1H3,(H,38,42). The minimum atomic E-state index is -4.54. The molecule has 42 heavy (non-hydrogen) atoms. The molecule has 3 N–H and O–H groups in total. The van der Waals surface area contributed by atoms with Crippen LogP contribution in [0.1, 0.15) is 44.6 Å². The van der Waals surface area contributed by atoms with E-state index in [9.17, 15) is 27.2 Å². The van der Waals surface area contributed by atoms with Crippen molar-refractivity contribution >= 4 is 23.3 Å². The highest BCUT2D eigenvalue weighted by atomic mass is 19.4. The van der Waals surface area contributed by atoms with E-state index in [0.717, 1.165) is 12.8 Å². The number of carbonyl (C=O) groups is 2. The zero-order valence-corrected chi connectivity index (χ0v) is 23.5. The van der Waals surface area contributed by atoms with Gasteiger partial charge in [-0.25, -0.2) is 9.18 Å². The van der Waals surface area contributed by atoms with Gasteiger partial charge >= 0.3 is 12.2 Å². The van der Waals surface area contributed by atoms with Gasteiger partial charge in [-0.3, -0.25) is 9.79 Å². The Morgan fingerprint density at radius 3 is 2.21 bits per heavy atom. The van der Waals surface area contributed by atoms with Gasteiger partial charge in [0.25, 0.3) is 5.91 Å². The van der Waals surface area contributed by atoms with Crippen molar-refractivity contribution in [2.45, 2.75) is 56.7 Å². The Morgan fingerprint density at radius 1 is 0.976 bits per heavy atom. The second kappa shape index (κ2) is 11.4. The Kier molecular flexibility index (Phi) is 8.04. The molecule has 11 heteroatoms. The highest BCUT2D eigenvalue weighted by molar-refractivity contribution is 6.24. The number of nitrogens with zero attached hydrogens (tertiary/aromatic N) is 3. The van der Waals surface area contributed by atoms with Gasteiger partial charge in [0, 0.05) is 37.8 Å². The Bertz CT molecular complexity index is 1380. The average molecular weight is 586 g/mol. The Labute approximate surface area is 242 Å². The monoisotopic (exact) mass is 585 g/mol. The largest absolute Gasteiger partial charge is 0.404 e. The number of aliphatic imine (C=N–C) groups is 1. The van der Waals surface area contributed by atoms with Crippen LogP contribution in [-0.2, 0) is 10.2 Å². The predicted molar refractivity (Wildman–Crippen MR) is 152 cm³/mol. The maximum atomic E-state index is 14.5. The molecule has 1 saturated carbocycles. The van der Waals surface area contributed by atoms with Gasteiger partial charge in [-0.15, -0.1) is 0 Å². The van der Waals surface area contributed by atoms with Crippen LogP contribution in [-0.4, -0.2) is 65.8 Å². The van der Waals surface area contributed by atoms with Crippen LogP contribution < -0.4 is 11.1 Å². The van der Waals surface area contributed by atoms with E-state index in [2.05, 4.69) is 5.32 Å². The van der Waals surface area contributed by atoms with E-state index in [1.807, 2.05) is 6.92 Å². The Morgan fingerprint density at radius 2 is 1.62 bits per heavy atom. The fraction of sp³-hybridized carbons (Fsp3) is 0.452.